The van der Waals surface area contributed by atoms with Crippen molar-refractivity contribution < 1.29 is 4.52 Å². The van der Waals surface area contributed by atoms with Gasteiger partial charge in [0, 0.05) is 23.7 Å². The van der Waals surface area contributed by atoms with Gasteiger partial charge in [0.05, 0.1) is 0 Å². The number of rotatable bonds is 2. The molecule has 0 bridgehead atoms. The smallest absolute Gasteiger partial charge is 0.278 e. The van der Waals surface area contributed by atoms with E-state index < -0.39 is 0 Å². The highest BCUT2D eigenvalue weighted by atomic mass is 16.5. The zero-order chi connectivity index (χ0) is 11.7. The first-order chi connectivity index (χ1) is 8.33. The van der Waals surface area contributed by atoms with Gasteiger partial charge in [-0.15, -0.1) is 0 Å². The molecule has 6 heteroatoms. The summed E-state index contributed by atoms with van der Waals surface area (Å²) in [5.41, 5.74) is 2.40. The molecule has 0 saturated heterocycles. The van der Waals surface area contributed by atoms with Gasteiger partial charge in [-0.25, -0.2) is 0 Å². The van der Waals surface area contributed by atoms with Crippen LogP contribution in [0.25, 0.3) is 23.0 Å². The van der Waals surface area contributed by atoms with Gasteiger partial charge in [0.25, 0.3) is 5.89 Å². The van der Waals surface area contributed by atoms with Crippen molar-refractivity contribution >= 4 is 0 Å². The SMILES string of the molecule is Cc1cc(-c2nc(-c3cccnc3)no2)n[nH]1. The number of pyridine rings is 1. The highest BCUT2D eigenvalue weighted by Crippen LogP contribution is 2.20. The number of nitrogens with zero attached hydrogens (tertiary/aromatic N) is 4. The van der Waals surface area contributed by atoms with E-state index in [9.17, 15) is 0 Å². The predicted molar refractivity (Wildman–Crippen MR) is 59.8 cm³/mol. The van der Waals surface area contributed by atoms with E-state index >= 15 is 0 Å². The van der Waals surface area contributed by atoms with E-state index in [2.05, 4.69) is 25.3 Å². The van der Waals surface area contributed by atoms with Crippen LogP contribution in [0.5, 0.6) is 0 Å². The third-order valence-electron chi connectivity index (χ3n) is 2.27. The van der Waals surface area contributed by atoms with Gasteiger partial charge in [0.15, 0.2) is 5.69 Å². The maximum atomic E-state index is 5.15. The Morgan fingerprint density at radius 3 is 3.00 bits per heavy atom. The Morgan fingerprint density at radius 2 is 2.29 bits per heavy atom. The Kier molecular flexibility index (Phi) is 2.18. The first-order valence-corrected chi connectivity index (χ1v) is 5.09. The number of nitrogens with one attached hydrogen (secondary N) is 1. The summed E-state index contributed by atoms with van der Waals surface area (Å²) in [4.78, 5) is 8.27. The van der Waals surface area contributed by atoms with Gasteiger partial charge in [0.1, 0.15) is 0 Å². The number of aromatic amines is 1. The van der Waals surface area contributed by atoms with Crippen LogP contribution in [0.1, 0.15) is 5.69 Å². The van der Waals surface area contributed by atoms with E-state index in [-0.39, 0.29) is 0 Å². The lowest BCUT2D eigenvalue weighted by molar-refractivity contribution is 0.431. The van der Waals surface area contributed by atoms with Gasteiger partial charge in [-0.3, -0.25) is 10.1 Å². The van der Waals surface area contributed by atoms with Crippen LogP contribution in [-0.2, 0) is 0 Å². The van der Waals surface area contributed by atoms with Crippen LogP contribution in [0, 0.1) is 6.92 Å². The third-order valence-corrected chi connectivity index (χ3v) is 2.27. The zero-order valence-corrected chi connectivity index (χ0v) is 9.08. The van der Waals surface area contributed by atoms with Crippen molar-refractivity contribution in [2.24, 2.45) is 0 Å². The molecule has 0 unspecified atom stereocenters. The van der Waals surface area contributed by atoms with Crippen LogP contribution in [0.15, 0.2) is 35.1 Å². The van der Waals surface area contributed by atoms with E-state index in [0.717, 1.165) is 11.3 Å². The van der Waals surface area contributed by atoms with Gasteiger partial charge in [-0.05, 0) is 25.1 Å². The Labute approximate surface area is 96.7 Å². The summed E-state index contributed by atoms with van der Waals surface area (Å²) >= 11 is 0. The van der Waals surface area contributed by atoms with E-state index in [1.807, 2.05) is 25.1 Å². The van der Waals surface area contributed by atoms with Crippen molar-refractivity contribution in [2.75, 3.05) is 0 Å². The minimum absolute atomic E-state index is 0.396. The highest BCUT2D eigenvalue weighted by molar-refractivity contribution is 5.56. The number of hydrogen-bond acceptors (Lipinski definition) is 5. The number of aromatic nitrogens is 5. The molecule has 3 rings (SSSR count). The quantitative estimate of drug-likeness (QED) is 0.722. The van der Waals surface area contributed by atoms with Gasteiger partial charge < -0.3 is 4.52 Å². The Morgan fingerprint density at radius 1 is 1.35 bits per heavy atom. The first kappa shape index (κ1) is 9.71. The van der Waals surface area contributed by atoms with Gasteiger partial charge in [-0.1, -0.05) is 5.16 Å². The van der Waals surface area contributed by atoms with E-state index in [4.69, 9.17) is 4.52 Å². The van der Waals surface area contributed by atoms with Crippen LogP contribution in [-0.4, -0.2) is 25.3 Å². The number of hydrogen-bond donors (Lipinski definition) is 1. The average Bonchev–Trinajstić information content (AvgIpc) is 2.98. The third kappa shape index (κ3) is 1.80. The topological polar surface area (TPSA) is 80.5 Å². The first-order valence-electron chi connectivity index (χ1n) is 5.09. The average molecular weight is 227 g/mol. The fourth-order valence-corrected chi connectivity index (χ4v) is 1.47. The van der Waals surface area contributed by atoms with Crippen molar-refractivity contribution in [3.05, 3.63) is 36.3 Å². The number of H-pyrrole nitrogens is 1. The lowest BCUT2D eigenvalue weighted by Crippen LogP contribution is -1.82. The minimum Gasteiger partial charge on any atom is -0.332 e. The molecule has 0 atom stereocenters. The molecular weight excluding hydrogens is 218 g/mol. The Balaban J connectivity index is 1.99. The van der Waals surface area contributed by atoms with Crippen molar-refractivity contribution in [2.45, 2.75) is 6.92 Å². The van der Waals surface area contributed by atoms with E-state index in [0.29, 0.717) is 17.4 Å². The summed E-state index contributed by atoms with van der Waals surface area (Å²) < 4.78 is 5.15. The largest absolute Gasteiger partial charge is 0.332 e. The molecule has 6 nitrogen and oxygen atoms in total. The summed E-state index contributed by atoms with van der Waals surface area (Å²) in [5, 5.41) is 10.8. The molecule has 0 fully saturated rings. The molecule has 3 aromatic rings. The normalized spacial score (nSPS) is 10.6. The van der Waals surface area contributed by atoms with Crippen LogP contribution < -0.4 is 0 Å². The molecule has 3 aromatic heterocycles. The van der Waals surface area contributed by atoms with Gasteiger partial charge >= 0.3 is 0 Å². The highest BCUT2D eigenvalue weighted by Gasteiger charge is 2.12. The van der Waals surface area contributed by atoms with Crippen LogP contribution >= 0.6 is 0 Å². The van der Waals surface area contributed by atoms with Crippen molar-refractivity contribution in [3.8, 4) is 23.0 Å². The lowest BCUT2D eigenvalue weighted by atomic mass is 10.3. The Hall–Kier alpha value is -2.50. The molecule has 0 radical (unpaired) electrons. The summed E-state index contributed by atoms with van der Waals surface area (Å²) in [5.74, 6) is 0.905. The van der Waals surface area contributed by atoms with E-state index in [1.165, 1.54) is 0 Å². The molecule has 0 aliphatic rings. The molecular formula is C11H9N5O. The molecule has 1 N–H and O–H groups in total. The van der Waals surface area contributed by atoms with Crippen molar-refractivity contribution in [1.29, 1.82) is 0 Å². The molecule has 0 spiro atoms. The molecule has 0 aliphatic carbocycles. The van der Waals surface area contributed by atoms with E-state index in [1.54, 1.807) is 12.4 Å². The van der Waals surface area contributed by atoms with Crippen LogP contribution in [0.3, 0.4) is 0 Å². The second kappa shape index (κ2) is 3.82. The molecule has 17 heavy (non-hydrogen) atoms. The Bertz CT molecular complexity index is 628. The second-order valence-corrected chi connectivity index (χ2v) is 3.60. The molecule has 0 aliphatic heterocycles. The summed E-state index contributed by atoms with van der Waals surface area (Å²) in [6.45, 7) is 1.91. The second-order valence-electron chi connectivity index (χ2n) is 3.60. The predicted octanol–water partition coefficient (Wildman–Crippen LogP) is 1.83. The fourth-order valence-electron chi connectivity index (χ4n) is 1.47. The maximum absolute atomic E-state index is 5.15. The van der Waals surface area contributed by atoms with Gasteiger partial charge in [-0.2, -0.15) is 10.1 Å². The molecule has 3 heterocycles. The standard InChI is InChI=1S/C11H9N5O/c1-7-5-9(15-14-7)11-13-10(16-17-11)8-3-2-4-12-6-8/h2-6H,1H3,(H,14,15). The maximum Gasteiger partial charge on any atom is 0.278 e. The van der Waals surface area contributed by atoms with Crippen LogP contribution in [0.4, 0.5) is 0 Å². The summed E-state index contributed by atoms with van der Waals surface area (Å²) in [6.07, 6.45) is 3.38. The summed E-state index contributed by atoms with van der Waals surface area (Å²) in [7, 11) is 0. The van der Waals surface area contributed by atoms with Gasteiger partial charge in [0.2, 0.25) is 5.82 Å². The number of aryl methyl sites for hydroxylation is 1. The monoisotopic (exact) mass is 227 g/mol. The summed E-state index contributed by atoms with van der Waals surface area (Å²) in [6, 6.07) is 5.54. The minimum atomic E-state index is 0.396. The molecule has 0 aromatic carbocycles. The van der Waals surface area contributed by atoms with Crippen molar-refractivity contribution in [1.82, 2.24) is 25.3 Å². The van der Waals surface area contributed by atoms with Crippen molar-refractivity contribution in [3.63, 3.8) is 0 Å². The fraction of sp³-hybridized carbons (Fsp3) is 0.0909. The molecule has 0 amide bonds. The lowest BCUT2D eigenvalue weighted by Gasteiger charge is -1.89. The zero-order valence-electron chi connectivity index (χ0n) is 9.08. The molecule has 0 saturated carbocycles. The van der Waals surface area contributed by atoms with Crippen LogP contribution in [0.2, 0.25) is 0 Å². The molecule has 84 valence electrons.